The van der Waals surface area contributed by atoms with Gasteiger partial charge in [-0.2, -0.15) is 0 Å². The van der Waals surface area contributed by atoms with E-state index in [1.807, 2.05) is 7.05 Å². The minimum Gasteiger partial charge on any atom is -0.423 e. The summed E-state index contributed by atoms with van der Waals surface area (Å²) in [5.41, 5.74) is -0.0927. The van der Waals surface area contributed by atoms with Crippen molar-refractivity contribution in [2.45, 2.75) is 11.3 Å². The van der Waals surface area contributed by atoms with Crippen molar-refractivity contribution >= 4 is 33.4 Å². The molecule has 1 heterocycles. The average Bonchev–Trinajstić information content (AvgIpc) is 2.43. The van der Waals surface area contributed by atoms with E-state index < -0.39 is 15.6 Å². The highest BCUT2D eigenvalue weighted by Gasteiger charge is 2.14. The third kappa shape index (κ3) is 4.53. The zero-order chi connectivity index (χ0) is 14.6. The van der Waals surface area contributed by atoms with Crippen LogP contribution in [-0.4, -0.2) is 28.6 Å². The molecule has 21 heavy (non-hydrogen) atoms. The van der Waals surface area contributed by atoms with Gasteiger partial charge >= 0.3 is 5.63 Å². The topological polar surface area (TPSA) is 88.4 Å². The molecule has 0 saturated carbocycles. The predicted molar refractivity (Wildman–Crippen MR) is 83.5 cm³/mol. The summed E-state index contributed by atoms with van der Waals surface area (Å²) < 4.78 is 31.7. The molecule has 116 valence electrons. The third-order valence-electron chi connectivity index (χ3n) is 2.80. The van der Waals surface area contributed by atoms with Gasteiger partial charge in [0.05, 0.1) is 4.90 Å². The van der Waals surface area contributed by atoms with Crippen LogP contribution in [0.4, 0.5) is 0 Å². The maximum absolute atomic E-state index is 12.1. The van der Waals surface area contributed by atoms with Crippen LogP contribution < -0.4 is 15.7 Å². The fourth-order valence-electron chi connectivity index (χ4n) is 1.77. The summed E-state index contributed by atoms with van der Waals surface area (Å²) in [5, 5.41) is 3.52. The van der Waals surface area contributed by atoms with E-state index in [0.717, 1.165) is 6.54 Å². The maximum atomic E-state index is 12.1. The summed E-state index contributed by atoms with van der Waals surface area (Å²) in [5.74, 6) is 0. The van der Waals surface area contributed by atoms with Crippen LogP contribution in [0.15, 0.2) is 44.4 Å². The first-order chi connectivity index (χ1) is 9.53. The van der Waals surface area contributed by atoms with Crippen LogP contribution in [0.5, 0.6) is 0 Å². The lowest BCUT2D eigenvalue weighted by atomic mass is 10.2. The number of nitrogens with one attached hydrogen (secondary N) is 2. The SMILES string of the molecule is CNCCCNS(=O)(=O)c1ccc2oc(=O)ccc2c1.Cl. The van der Waals surface area contributed by atoms with Gasteiger partial charge < -0.3 is 9.73 Å². The molecule has 0 aliphatic carbocycles. The predicted octanol–water partition coefficient (Wildman–Crippen LogP) is 1.10. The minimum absolute atomic E-state index is 0. The Morgan fingerprint density at radius 3 is 2.62 bits per heavy atom. The summed E-state index contributed by atoms with van der Waals surface area (Å²) in [4.78, 5) is 11.2. The Morgan fingerprint density at radius 2 is 1.90 bits per heavy atom. The Morgan fingerprint density at radius 1 is 1.14 bits per heavy atom. The number of hydrogen-bond acceptors (Lipinski definition) is 5. The maximum Gasteiger partial charge on any atom is 0.336 e. The van der Waals surface area contributed by atoms with Gasteiger partial charge in [0.1, 0.15) is 5.58 Å². The molecule has 0 amide bonds. The highest BCUT2D eigenvalue weighted by Crippen LogP contribution is 2.17. The van der Waals surface area contributed by atoms with Gasteiger partial charge in [-0.15, -0.1) is 12.4 Å². The number of rotatable bonds is 6. The summed E-state index contributed by atoms with van der Waals surface area (Å²) in [6.07, 6.45) is 0.707. The molecule has 0 spiro atoms. The van der Waals surface area contributed by atoms with Crippen LogP contribution in [-0.2, 0) is 10.0 Å². The molecule has 0 saturated heterocycles. The molecule has 2 aromatic rings. The highest BCUT2D eigenvalue weighted by molar-refractivity contribution is 7.89. The van der Waals surface area contributed by atoms with Crippen LogP contribution >= 0.6 is 12.4 Å². The molecule has 0 atom stereocenters. The Hall–Kier alpha value is -1.41. The lowest BCUT2D eigenvalue weighted by Crippen LogP contribution is -2.26. The summed E-state index contributed by atoms with van der Waals surface area (Å²) in [6, 6.07) is 7.20. The lowest BCUT2D eigenvalue weighted by Gasteiger charge is -2.07. The Labute approximate surface area is 129 Å². The third-order valence-corrected chi connectivity index (χ3v) is 4.26. The van der Waals surface area contributed by atoms with E-state index in [2.05, 4.69) is 10.0 Å². The fraction of sp³-hybridized carbons (Fsp3) is 0.308. The number of hydrogen-bond donors (Lipinski definition) is 2. The van der Waals surface area contributed by atoms with E-state index in [4.69, 9.17) is 4.42 Å². The number of sulfonamides is 1. The number of benzene rings is 1. The van der Waals surface area contributed by atoms with Gasteiger partial charge in [-0.05, 0) is 44.3 Å². The monoisotopic (exact) mass is 332 g/mol. The quantitative estimate of drug-likeness (QED) is 0.611. The Bertz CT molecular complexity index is 758. The van der Waals surface area contributed by atoms with Crippen molar-refractivity contribution < 1.29 is 12.8 Å². The van der Waals surface area contributed by atoms with Crippen molar-refractivity contribution in [2.24, 2.45) is 0 Å². The smallest absolute Gasteiger partial charge is 0.336 e. The zero-order valence-corrected chi connectivity index (χ0v) is 13.1. The Kier molecular flexibility index (Phi) is 6.35. The van der Waals surface area contributed by atoms with Crippen LogP contribution in [0, 0.1) is 0 Å². The first kappa shape index (κ1) is 17.6. The van der Waals surface area contributed by atoms with Gasteiger partial charge in [0.15, 0.2) is 0 Å². The molecule has 1 aromatic carbocycles. The van der Waals surface area contributed by atoms with Crippen molar-refractivity contribution in [2.75, 3.05) is 20.1 Å². The van der Waals surface area contributed by atoms with Gasteiger partial charge in [-0.1, -0.05) is 0 Å². The van der Waals surface area contributed by atoms with Crippen molar-refractivity contribution in [1.82, 2.24) is 10.0 Å². The molecule has 0 fully saturated rings. The zero-order valence-electron chi connectivity index (χ0n) is 11.5. The molecule has 1 aromatic heterocycles. The van der Waals surface area contributed by atoms with Gasteiger partial charge in [-0.25, -0.2) is 17.9 Å². The lowest BCUT2D eigenvalue weighted by molar-refractivity contribution is 0.560. The second-order valence-corrected chi connectivity index (χ2v) is 6.08. The fourth-order valence-corrected chi connectivity index (χ4v) is 2.88. The first-order valence-corrected chi connectivity index (χ1v) is 7.69. The van der Waals surface area contributed by atoms with Gasteiger partial charge in [0.25, 0.3) is 0 Å². The van der Waals surface area contributed by atoms with Crippen LogP contribution in [0.1, 0.15) is 6.42 Å². The number of fused-ring (bicyclic) bond motifs is 1. The van der Waals surface area contributed by atoms with E-state index in [1.54, 1.807) is 6.07 Å². The molecule has 0 aliphatic heterocycles. The van der Waals surface area contributed by atoms with Crippen molar-refractivity contribution in [3.05, 3.63) is 40.8 Å². The summed E-state index contributed by atoms with van der Waals surface area (Å²) in [7, 11) is -1.73. The second kappa shape index (κ2) is 7.56. The highest BCUT2D eigenvalue weighted by atomic mass is 35.5. The van der Waals surface area contributed by atoms with Crippen molar-refractivity contribution in [1.29, 1.82) is 0 Å². The van der Waals surface area contributed by atoms with Crippen LogP contribution in [0.2, 0.25) is 0 Å². The molecule has 0 radical (unpaired) electrons. The largest absolute Gasteiger partial charge is 0.423 e. The van der Waals surface area contributed by atoms with Gasteiger partial charge in [0.2, 0.25) is 10.0 Å². The molecule has 0 bridgehead atoms. The summed E-state index contributed by atoms with van der Waals surface area (Å²) >= 11 is 0. The molecule has 0 aliphatic rings. The van der Waals surface area contributed by atoms with E-state index in [0.29, 0.717) is 23.9 Å². The first-order valence-electron chi connectivity index (χ1n) is 6.21. The molecular formula is C13H17ClN2O4S. The molecule has 6 nitrogen and oxygen atoms in total. The minimum atomic E-state index is -3.54. The second-order valence-electron chi connectivity index (χ2n) is 4.31. The van der Waals surface area contributed by atoms with Crippen molar-refractivity contribution in [3.63, 3.8) is 0 Å². The molecule has 2 N–H and O–H groups in total. The molecular weight excluding hydrogens is 316 g/mol. The van der Waals surface area contributed by atoms with E-state index in [-0.39, 0.29) is 17.3 Å². The van der Waals surface area contributed by atoms with Gasteiger partial charge in [0, 0.05) is 18.0 Å². The molecule has 2 rings (SSSR count). The van der Waals surface area contributed by atoms with E-state index in [9.17, 15) is 13.2 Å². The number of halogens is 1. The molecule has 0 unspecified atom stereocenters. The van der Waals surface area contributed by atoms with Gasteiger partial charge in [-0.3, -0.25) is 0 Å². The van der Waals surface area contributed by atoms with E-state index in [1.165, 1.54) is 24.3 Å². The summed E-state index contributed by atoms with van der Waals surface area (Å²) in [6.45, 7) is 1.11. The van der Waals surface area contributed by atoms with Crippen LogP contribution in [0.25, 0.3) is 11.0 Å². The average molecular weight is 333 g/mol. The molecule has 8 heteroatoms. The van der Waals surface area contributed by atoms with E-state index >= 15 is 0 Å². The van der Waals surface area contributed by atoms with Crippen LogP contribution in [0.3, 0.4) is 0 Å². The normalized spacial score (nSPS) is 11.3. The Balaban J connectivity index is 0.00000220. The standard InChI is InChI=1S/C13H16N2O4S.ClH/c1-14-7-2-8-15-20(17,18)11-4-5-12-10(9-11)3-6-13(16)19-12;/h3-6,9,14-15H,2,7-8H2,1H3;1H. The van der Waals surface area contributed by atoms with Crippen molar-refractivity contribution in [3.8, 4) is 0 Å².